The van der Waals surface area contributed by atoms with E-state index in [0.29, 0.717) is 19.3 Å². The standard InChI is InChI=1S/C74H128O6/c1-4-7-10-13-16-18-20-22-24-26-28-30-31-32-33-34-35-36-37-38-39-40-41-42-43-45-46-48-50-52-54-56-58-61-64-67-73(76)79-70-71(69-78-72(75)66-63-60-15-12-9-6-3)80-74(77)68-65-62-59-57-55-53-51-49-47-44-29-27-25-23-21-19-17-14-11-8-5-2/h8,11,17,19-20,22-23,25-26,28-29,44,49,51,55,57,71H,4-7,9-10,12-16,18,21,24,27,30-43,45-48,50,52-54,56,58-70H2,1-3H3/b11-8-,19-17-,22-20-,25-23-,28-26-,44-29-,51-49-,57-55-. The minimum Gasteiger partial charge on any atom is -0.462 e. The summed E-state index contributed by atoms with van der Waals surface area (Å²) in [5.41, 5.74) is 0. The van der Waals surface area contributed by atoms with Gasteiger partial charge in [0.2, 0.25) is 0 Å². The maximum Gasteiger partial charge on any atom is 0.306 e. The lowest BCUT2D eigenvalue weighted by Gasteiger charge is -2.18. The summed E-state index contributed by atoms with van der Waals surface area (Å²) < 4.78 is 16.8. The molecule has 0 spiro atoms. The summed E-state index contributed by atoms with van der Waals surface area (Å²) in [5, 5.41) is 0. The first kappa shape index (κ1) is 76.3. The van der Waals surface area contributed by atoms with Gasteiger partial charge < -0.3 is 14.2 Å². The van der Waals surface area contributed by atoms with Crippen molar-refractivity contribution in [2.45, 2.75) is 341 Å². The molecule has 0 saturated heterocycles. The van der Waals surface area contributed by atoms with Gasteiger partial charge >= 0.3 is 17.9 Å². The van der Waals surface area contributed by atoms with Crippen LogP contribution in [0.4, 0.5) is 0 Å². The van der Waals surface area contributed by atoms with E-state index in [4.69, 9.17) is 14.2 Å². The third-order valence-electron chi connectivity index (χ3n) is 14.8. The normalized spacial score (nSPS) is 12.7. The van der Waals surface area contributed by atoms with Crippen LogP contribution in [0.25, 0.3) is 0 Å². The van der Waals surface area contributed by atoms with Gasteiger partial charge in [-0.05, 0) is 103 Å². The van der Waals surface area contributed by atoms with E-state index in [-0.39, 0.29) is 37.5 Å². The summed E-state index contributed by atoms with van der Waals surface area (Å²) in [6.45, 7) is 6.44. The second-order valence-corrected chi connectivity index (χ2v) is 22.7. The molecule has 80 heavy (non-hydrogen) atoms. The smallest absolute Gasteiger partial charge is 0.306 e. The van der Waals surface area contributed by atoms with Crippen molar-refractivity contribution < 1.29 is 28.6 Å². The van der Waals surface area contributed by atoms with Crippen molar-refractivity contribution >= 4 is 17.9 Å². The van der Waals surface area contributed by atoms with Crippen LogP contribution in [-0.2, 0) is 28.6 Å². The van der Waals surface area contributed by atoms with Crippen LogP contribution in [0.5, 0.6) is 0 Å². The minimum atomic E-state index is -0.797. The molecule has 0 heterocycles. The van der Waals surface area contributed by atoms with E-state index >= 15 is 0 Å². The quantitative estimate of drug-likeness (QED) is 0.0261. The SMILES string of the molecule is CC/C=C\C/C=C\C/C=C\C/C=C\C/C=C\C/C=C\CCCCC(=O)OC(COC(=O)CCCCCCCC)COC(=O)CCCCCCCCCCCCCCCCCCCCCCCCC/C=C\C/C=C\CCCCCCC. The van der Waals surface area contributed by atoms with Crippen LogP contribution >= 0.6 is 0 Å². The number of rotatable bonds is 62. The molecule has 0 bridgehead atoms. The van der Waals surface area contributed by atoms with Crippen LogP contribution < -0.4 is 0 Å². The van der Waals surface area contributed by atoms with Crippen molar-refractivity contribution in [3.05, 3.63) is 97.2 Å². The van der Waals surface area contributed by atoms with Gasteiger partial charge in [0.25, 0.3) is 0 Å². The van der Waals surface area contributed by atoms with Gasteiger partial charge in [0.05, 0.1) is 0 Å². The first-order valence-electron chi connectivity index (χ1n) is 34.2. The van der Waals surface area contributed by atoms with Crippen LogP contribution in [0.1, 0.15) is 335 Å². The average molecular weight is 1110 g/mol. The first-order chi connectivity index (χ1) is 39.5. The van der Waals surface area contributed by atoms with E-state index in [1.54, 1.807) is 0 Å². The molecule has 0 aliphatic rings. The molecule has 0 rings (SSSR count). The molecule has 6 nitrogen and oxygen atoms in total. The Morgan fingerprint density at radius 1 is 0.263 bits per heavy atom. The fourth-order valence-electron chi connectivity index (χ4n) is 9.71. The van der Waals surface area contributed by atoms with Crippen molar-refractivity contribution in [1.29, 1.82) is 0 Å². The Kier molecular flexibility index (Phi) is 64.7. The Morgan fingerprint density at radius 3 is 0.787 bits per heavy atom. The maximum atomic E-state index is 12.8. The van der Waals surface area contributed by atoms with Crippen LogP contribution in [0.2, 0.25) is 0 Å². The molecule has 0 N–H and O–H groups in total. The molecule has 0 saturated carbocycles. The number of hydrogen-bond acceptors (Lipinski definition) is 6. The lowest BCUT2D eigenvalue weighted by molar-refractivity contribution is -0.167. The molecule has 0 aliphatic carbocycles. The van der Waals surface area contributed by atoms with Gasteiger partial charge in [-0.25, -0.2) is 0 Å². The molecule has 0 aromatic carbocycles. The molecule has 6 heteroatoms. The number of hydrogen-bond donors (Lipinski definition) is 0. The second kappa shape index (κ2) is 67.8. The third-order valence-corrected chi connectivity index (χ3v) is 14.8. The zero-order valence-electron chi connectivity index (χ0n) is 52.8. The molecule has 0 aliphatic heterocycles. The highest BCUT2D eigenvalue weighted by atomic mass is 16.6. The highest BCUT2D eigenvalue weighted by Crippen LogP contribution is 2.17. The third kappa shape index (κ3) is 65.1. The molecule has 0 fully saturated rings. The molecule has 0 aromatic rings. The predicted octanol–water partition coefficient (Wildman–Crippen LogP) is 23.6. The summed E-state index contributed by atoms with van der Waals surface area (Å²) in [6.07, 6.45) is 92.0. The summed E-state index contributed by atoms with van der Waals surface area (Å²) >= 11 is 0. The topological polar surface area (TPSA) is 78.9 Å². The van der Waals surface area contributed by atoms with Crippen molar-refractivity contribution in [3.63, 3.8) is 0 Å². The lowest BCUT2D eigenvalue weighted by atomic mass is 10.0. The van der Waals surface area contributed by atoms with Crippen LogP contribution in [0, 0.1) is 0 Å². The number of allylic oxidation sites excluding steroid dienone is 16. The van der Waals surface area contributed by atoms with E-state index in [0.717, 1.165) is 96.3 Å². The van der Waals surface area contributed by atoms with Crippen molar-refractivity contribution in [1.82, 2.24) is 0 Å². The van der Waals surface area contributed by atoms with Gasteiger partial charge in [-0.2, -0.15) is 0 Å². The summed E-state index contributed by atoms with van der Waals surface area (Å²) in [5.74, 6) is -0.936. The molecular formula is C74H128O6. The fourth-order valence-corrected chi connectivity index (χ4v) is 9.71. The Labute approximate surface area is 496 Å². The van der Waals surface area contributed by atoms with Crippen LogP contribution in [-0.4, -0.2) is 37.2 Å². The van der Waals surface area contributed by atoms with Gasteiger partial charge in [-0.3, -0.25) is 14.4 Å². The largest absolute Gasteiger partial charge is 0.462 e. The average Bonchev–Trinajstić information content (AvgIpc) is 3.46. The Hall–Kier alpha value is -3.67. The van der Waals surface area contributed by atoms with E-state index in [9.17, 15) is 14.4 Å². The van der Waals surface area contributed by atoms with Crippen molar-refractivity contribution in [2.24, 2.45) is 0 Å². The second-order valence-electron chi connectivity index (χ2n) is 22.7. The summed E-state index contributed by atoms with van der Waals surface area (Å²) in [6, 6.07) is 0. The van der Waals surface area contributed by atoms with Gasteiger partial charge in [-0.1, -0.05) is 311 Å². The Bertz CT molecular complexity index is 1560. The Morgan fingerprint density at radius 2 is 0.487 bits per heavy atom. The van der Waals surface area contributed by atoms with E-state index < -0.39 is 6.10 Å². The van der Waals surface area contributed by atoms with E-state index in [1.807, 2.05) is 0 Å². The number of carbonyl (C=O) groups is 3. The molecule has 460 valence electrons. The molecule has 0 amide bonds. The molecule has 1 unspecified atom stereocenters. The summed E-state index contributed by atoms with van der Waals surface area (Å²) in [7, 11) is 0. The number of unbranched alkanes of at least 4 members (excludes halogenated alkanes) is 35. The first-order valence-corrected chi connectivity index (χ1v) is 34.2. The fraction of sp³-hybridized carbons (Fsp3) is 0.743. The monoisotopic (exact) mass is 1110 g/mol. The van der Waals surface area contributed by atoms with Crippen molar-refractivity contribution in [3.8, 4) is 0 Å². The summed E-state index contributed by atoms with van der Waals surface area (Å²) in [4.78, 5) is 38.0. The molecular weight excluding hydrogens is 985 g/mol. The van der Waals surface area contributed by atoms with Gasteiger partial charge in [0.15, 0.2) is 6.10 Å². The number of esters is 3. The molecule has 0 aromatic heterocycles. The highest BCUT2D eigenvalue weighted by Gasteiger charge is 2.19. The maximum absolute atomic E-state index is 12.8. The zero-order chi connectivity index (χ0) is 57.8. The van der Waals surface area contributed by atoms with Crippen molar-refractivity contribution in [2.75, 3.05) is 13.2 Å². The van der Waals surface area contributed by atoms with Gasteiger partial charge in [0, 0.05) is 19.3 Å². The predicted molar refractivity (Wildman–Crippen MR) is 348 cm³/mol. The number of ether oxygens (including phenoxy) is 3. The highest BCUT2D eigenvalue weighted by molar-refractivity contribution is 5.71. The van der Waals surface area contributed by atoms with E-state index in [2.05, 4.69) is 118 Å². The molecule has 1 atom stereocenters. The lowest BCUT2D eigenvalue weighted by Crippen LogP contribution is -2.30. The molecule has 0 radical (unpaired) electrons. The Balaban J connectivity index is 4.00. The minimum absolute atomic E-state index is 0.0923. The zero-order valence-corrected chi connectivity index (χ0v) is 52.8. The van der Waals surface area contributed by atoms with E-state index in [1.165, 1.54) is 193 Å². The van der Waals surface area contributed by atoms with Gasteiger partial charge in [-0.15, -0.1) is 0 Å². The number of carbonyl (C=O) groups excluding carboxylic acids is 3. The van der Waals surface area contributed by atoms with Crippen LogP contribution in [0.3, 0.4) is 0 Å². The van der Waals surface area contributed by atoms with Gasteiger partial charge in [0.1, 0.15) is 13.2 Å². The van der Waals surface area contributed by atoms with Crippen LogP contribution in [0.15, 0.2) is 97.2 Å².